The first kappa shape index (κ1) is 17.0. The minimum atomic E-state index is -1.64. The van der Waals surface area contributed by atoms with E-state index in [2.05, 4.69) is 29.0 Å². The van der Waals surface area contributed by atoms with Gasteiger partial charge in [-0.15, -0.1) is 0 Å². The second-order valence-electron chi connectivity index (χ2n) is 6.41. The van der Waals surface area contributed by atoms with Gasteiger partial charge in [0.15, 0.2) is 0 Å². The van der Waals surface area contributed by atoms with Crippen LogP contribution in [-0.2, 0) is 0 Å². The largest absolute Gasteiger partial charge is 0.376 e. The number of aromatic nitrogens is 1. The minimum Gasteiger partial charge on any atom is -0.376 e. The Labute approximate surface area is 127 Å². The molecule has 2 heterocycles. The van der Waals surface area contributed by atoms with Gasteiger partial charge in [0.25, 0.3) is 11.9 Å². The Morgan fingerprint density at radius 3 is 2.09 bits per heavy atom. The molecule has 0 aromatic carbocycles. The van der Waals surface area contributed by atoms with Crippen molar-refractivity contribution in [2.75, 3.05) is 25.0 Å². The molecule has 1 aliphatic rings. The summed E-state index contributed by atoms with van der Waals surface area (Å²) in [4.78, 5) is 4.74. The van der Waals surface area contributed by atoms with Gasteiger partial charge in [-0.1, -0.05) is 13.8 Å². The van der Waals surface area contributed by atoms with Crippen LogP contribution in [0.1, 0.15) is 27.2 Å². The predicted molar refractivity (Wildman–Crippen MR) is 76.5 cm³/mol. The Bertz CT molecular complexity index is 502. The molecule has 0 amide bonds. The molecule has 1 aromatic heterocycles. The van der Waals surface area contributed by atoms with Crippen LogP contribution in [0.15, 0.2) is 0 Å². The van der Waals surface area contributed by atoms with E-state index in [4.69, 9.17) is 0 Å². The van der Waals surface area contributed by atoms with E-state index in [1.54, 1.807) is 6.92 Å². The number of piperidine rings is 1. The zero-order chi connectivity index (χ0) is 16.4. The Hall–Kier alpha value is -1.37. The average Bonchev–Trinajstić information content (AvgIpc) is 2.40. The third-order valence-electron chi connectivity index (χ3n) is 3.86. The fraction of sp³-hybridized carbons (Fsp3) is 0.667. The minimum absolute atomic E-state index is 0.359. The zero-order valence-corrected chi connectivity index (χ0v) is 13.0. The number of halogens is 4. The summed E-state index contributed by atoms with van der Waals surface area (Å²) in [6.45, 7) is 8.39. The summed E-state index contributed by atoms with van der Waals surface area (Å²) in [7, 11) is 0. The van der Waals surface area contributed by atoms with Crippen LogP contribution in [0.4, 0.5) is 23.2 Å². The van der Waals surface area contributed by atoms with Crippen LogP contribution in [-0.4, -0.2) is 35.6 Å². The van der Waals surface area contributed by atoms with Gasteiger partial charge in [0.05, 0.1) is 0 Å². The molecule has 0 spiro atoms. The van der Waals surface area contributed by atoms with E-state index in [-0.39, 0.29) is 6.04 Å². The van der Waals surface area contributed by atoms with Crippen LogP contribution in [0, 0.1) is 35.4 Å². The SMILES string of the molecule is CC1CC(C)CN(CC(C)Nc2c(F)c(F)nc(F)c2F)C1. The molecular formula is C15H21F4N3. The van der Waals surface area contributed by atoms with Crippen molar-refractivity contribution in [3.8, 4) is 0 Å². The van der Waals surface area contributed by atoms with Gasteiger partial charge in [-0.25, -0.2) is 0 Å². The molecule has 1 N–H and O–H groups in total. The van der Waals surface area contributed by atoms with Gasteiger partial charge in [-0.3, -0.25) is 0 Å². The highest BCUT2D eigenvalue weighted by molar-refractivity contribution is 5.46. The molecule has 3 unspecified atom stereocenters. The Morgan fingerprint density at radius 2 is 1.59 bits per heavy atom. The van der Waals surface area contributed by atoms with E-state index < -0.39 is 29.2 Å². The second kappa shape index (κ2) is 6.81. The van der Waals surface area contributed by atoms with Crippen molar-refractivity contribution in [3.63, 3.8) is 0 Å². The number of rotatable bonds is 4. The van der Waals surface area contributed by atoms with Crippen molar-refractivity contribution in [2.45, 2.75) is 33.2 Å². The molecule has 22 heavy (non-hydrogen) atoms. The van der Waals surface area contributed by atoms with E-state index in [0.717, 1.165) is 19.5 Å². The van der Waals surface area contributed by atoms with Crippen LogP contribution >= 0.6 is 0 Å². The molecule has 1 aliphatic heterocycles. The summed E-state index contributed by atoms with van der Waals surface area (Å²) >= 11 is 0. The van der Waals surface area contributed by atoms with Crippen LogP contribution in [0.5, 0.6) is 0 Å². The highest BCUT2D eigenvalue weighted by atomic mass is 19.2. The van der Waals surface area contributed by atoms with E-state index in [1.807, 2.05) is 0 Å². The molecule has 7 heteroatoms. The summed E-state index contributed by atoms with van der Waals surface area (Å²) in [5.41, 5.74) is -0.796. The number of hydrogen-bond acceptors (Lipinski definition) is 3. The van der Waals surface area contributed by atoms with Gasteiger partial charge in [-0.05, 0) is 25.2 Å². The lowest BCUT2D eigenvalue weighted by molar-refractivity contribution is 0.138. The summed E-state index contributed by atoms with van der Waals surface area (Å²) < 4.78 is 53.3. The zero-order valence-electron chi connectivity index (χ0n) is 13.0. The lowest BCUT2D eigenvalue weighted by atomic mass is 9.92. The van der Waals surface area contributed by atoms with Crippen molar-refractivity contribution < 1.29 is 17.6 Å². The van der Waals surface area contributed by atoms with E-state index >= 15 is 0 Å². The van der Waals surface area contributed by atoms with Crippen molar-refractivity contribution in [3.05, 3.63) is 23.5 Å². The number of likely N-dealkylation sites (tertiary alicyclic amines) is 1. The van der Waals surface area contributed by atoms with Crippen LogP contribution in [0.3, 0.4) is 0 Å². The summed E-state index contributed by atoms with van der Waals surface area (Å²) in [5.74, 6) is -5.17. The number of hydrogen-bond donors (Lipinski definition) is 1. The molecule has 124 valence electrons. The normalized spacial score (nSPS) is 24.3. The monoisotopic (exact) mass is 319 g/mol. The van der Waals surface area contributed by atoms with Crippen LogP contribution < -0.4 is 5.32 Å². The van der Waals surface area contributed by atoms with Crippen molar-refractivity contribution in [2.24, 2.45) is 11.8 Å². The summed E-state index contributed by atoms with van der Waals surface area (Å²) in [5, 5.41) is 2.53. The number of nitrogens with zero attached hydrogens (tertiary/aromatic N) is 2. The first-order chi connectivity index (χ1) is 10.3. The predicted octanol–water partition coefficient (Wildman–Crippen LogP) is 3.42. The third-order valence-corrected chi connectivity index (χ3v) is 3.86. The third kappa shape index (κ3) is 3.88. The number of anilines is 1. The standard InChI is InChI=1S/C15H21F4N3/c1-8-4-9(2)6-22(5-8)7-10(3)20-13-11(16)14(18)21-15(19)12(13)17/h8-10H,4-7H2,1-3H3,(H,20,21). The second-order valence-corrected chi connectivity index (χ2v) is 6.41. The maximum atomic E-state index is 13.6. The molecule has 3 nitrogen and oxygen atoms in total. The lowest BCUT2D eigenvalue weighted by Crippen LogP contribution is -2.43. The number of pyridine rings is 1. The highest BCUT2D eigenvalue weighted by Crippen LogP contribution is 2.24. The van der Waals surface area contributed by atoms with Crippen molar-refractivity contribution in [1.29, 1.82) is 0 Å². The average molecular weight is 319 g/mol. The first-order valence-corrected chi connectivity index (χ1v) is 7.46. The molecule has 3 atom stereocenters. The van der Waals surface area contributed by atoms with Crippen LogP contribution in [0.2, 0.25) is 0 Å². The van der Waals surface area contributed by atoms with E-state index in [9.17, 15) is 17.6 Å². The van der Waals surface area contributed by atoms with Gasteiger partial charge in [0, 0.05) is 25.7 Å². The molecule has 1 saturated heterocycles. The molecule has 2 rings (SSSR count). The molecule has 1 fully saturated rings. The van der Waals surface area contributed by atoms with Crippen molar-refractivity contribution in [1.82, 2.24) is 9.88 Å². The Balaban J connectivity index is 2.05. The van der Waals surface area contributed by atoms with Gasteiger partial charge >= 0.3 is 0 Å². The maximum Gasteiger partial charge on any atom is 0.253 e. The topological polar surface area (TPSA) is 28.2 Å². The first-order valence-electron chi connectivity index (χ1n) is 7.46. The van der Waals surface area contributed by atoms with Crippen molar-refractivity contribution >= 4 is 5.69 Å². The van der Waals surface area contributed by atoms with Gasteiger partial charge in [0.1, 0.15) is 5.69 Å². The molecule has 1 aromatic rings. The van der Waals surface area contributed by atoms with Gasteiger partial charge in [-0.2, -0.15) is 22.5 Å². The molecular weight excluding hydrogens is 298 g/mol. The fourth-order valence-corrected chi connectivity index (χ4v) is 3.23. The molecule has 0 bridgehead atoms. The molecule has 0 radical (unpaired) electrons. The Kier molecular flexibility index (Phi) is 5.26. The Morgan fingerprint density at radius 1 is 1.09 bits per heavy atom. The smallest absolute Gasteiger partial charge is 0.253 e. The van der Waals surface area contributed by atoms with Gasteiger partial charge in [0.2, 0.25) is 11.6 Å². The molecule has 0 aliphatic carbocycles. The fourth-order valence-electron chi connectivity index (χ4n) is 3.23. The van der Waals surface area contributed by atoms with Gasteiger partial charge < -0.3 is 10.2 Å². The lowest BCUT2D eigenvalue weighted by Gasteiger charge is -2.36. The highest BCUT2D eigenvalue weighted by Gasteiger charge is 2.25. The quantitative estimate of drug-likeness (QED) is 0.681. The maximum absolute atomic E-state index is 13.6. The van der Waals surface area contributed by atoms with E-state index in [0.29, 0.717) is 18.4 Å². The number of nitrogens with one attached hydrogen (secondary N) is 1. The van der Waals surface area contributed by atoms with E-state index in [1.165, 1.54) is 0 Å². The summed E-state index contributed by atoms with van der Waals surface area (Å²) in [6.07, 6.45) is 1.16. The molecule has 0 saturated carbocycles. The van der Waals surface area contributed by atoms with Crippen LogP contribution in [0.25, 0.3) is 0 Å². The summed E-state index contributed by atoms with van der Waals surface area (Å²) in [6, 6.07) is -0.359.